The molecule has 0 spiro atoms. The molecule has 1 fully saturated rings. The summed E-state index contributed by atoms with van der Waals surface area (Å²) in [5.41, 5.74) is 1.15. The second-order valence-corrected chi connectivity index (χ2v) is 5.26. The van der Waals surface area contributed by atoms with Crippen LogP contribution in [0.4, 0.5) is 0 Å². The van der Waals surface area contributed by atoms with Crippen molar-refractivity contribution in [2.45, 2.75) is 32.1 Å². The number of aliphatic carboxylic acids is 1. The number of hydrogen-bond donors (Lipinski definition) is 1. The molecule has 0 bridgehead atoms. The minimum atomic E-state index is -0.642. The summed E-state index contributed by atoms with van der Waals surface area (Å²) in [6.45, 7) is 0. The molecule has 2 atom stereocenters. The SMILES string of the molecule is O=C(O)C1CCCCC1Cc1cccc(Cl)c1. The molecule has 2 nitrogen and oxygen atoms in total. The second-order valence-electron chi connectivity index (χ2n) is 4.82. The van der Waals surface area contributed by atoms with E-state index in [4.69, 9.17) is 11.6 Å². The Balaban J connectivity index is 2.08. The van der Waals surface area contributed by atoms with Gasteiger partial charge in [0.25, 0.3) is 0 Å². The number of rotatable bonds is 3. The third-order valence-corrected chi connectivity index (χ3v) is 3.85. The molecule has 2 unspecified atom stereocenters. The minimum Gasteiger partial charge on any atom is -0.481 e. The zero-order valence-electron chi connectivity index (χ0n) is 9.73. The topological polar surface area (TPSA) is 37.3 Å². The van der Waals surface area contributed by atoms with E-state index in [9.17, 15) is 9.90 Å². The molecule has 0 saturated heterocycles. The molecule has 2 rings (SSSR count). The molecule has 1 N–H and O–H groups in total. The van der Waals surface area contributed by atoms with E-state index < -0.39 is 5.97 Å². The Bertz CT molecular complexity index is 403. The first kappa shape index (κ1) is 12.4. The number of carbonyl (C=O) groups is 1. The average Bonchev–Trinajstić information content (AvgIpc) is 2.29. The molecule has 0 amide bonds. The van der Waals surface area contributed by atoms with Gasteiger partial charge in [-0.15, -0.1) is 0 Å². The van der Waals surface area contributed by atoms with Gasteiger partial charge in [0.1, 0.15) is 0 Å². The van der Waals surface area contributed by atoms with Gasteiger partial charge in [-0.1, -0.05) is 36.6 Å². The Morgan fingerprint density at radius 2 is 2.12 bits per heavy atom. The van der Waals surface area contributed by atoms with Crippen molar-refractivity contribution in [3.05, 3.63) is 34.9 Å². The Hall–Kier alpha value is -1.02. The zero-order valence-corrected chi connectivity index (χ0v) is 10.5. The van der Waals surface area contributed by atoms with Crippen LogP contribution in [0.15, 0.2) is 24.3 Å². The summed E-state index contributed by atoms with van der Waals surface area (Å²) in [5, 5.41) is 9.94. The highest BCUT2D eigenvalue weighted by Gasteiger charge is 2.30. The molecule has 1 aliphatic rings. The fourth-order valence-electron chi connectivity index (χ4n) is 2.74. The first-order valence-corrected chi connectivity index (χ1v) is 6.52. The maximum absolute atomic E-state index is 11.2. The largest absolute Gasteiger partial charge is 0.481 e. The van der Waals surface area contributed by atoms with Gasteiger partial charge in [0.15, 0.2) is 0 Å². The van der Waals surface area contributed by atoms with Crippen molar-refractivity contribution in [1.29, 1.82) is 0 Å². The molecule has 1 aliphatic carbocycles. The van der Waals surface area contributed by atoms with Gasteiger partial charge in [-0.05, 0) is 42.9 Å². The predicted octanol–water partition coefficient (Wildman–Crippen LogP) is 3.77. The van der Waals surface area contributed by atoms with Gasteiger partial charge in [-0.25, -0.2) is 0 Å². The summed E-state index contributed by atoms with van der Waals surface area (Å²) in [4.78, 5) is 11.2. The van der Waals surface area contributed by atoms with E-state index in [-0.39, 0.29) is 11.8 Å². The van der Waals surface area contributed by atoms with Crippen LogP contribution in [-0.2, 0) is 11.2 Å². The highest BCUT2D eigenvalue weighted by Crippen LogP contribution is 2.33. The smallest absolute Gasteiger partial charge is 0.306 e. The summed E-state index contributed by atoms with van der Waals surface area (Å²) in [6, 6.07) is 7.74. The van der Waals surface area contributed by atoms with Gasteiger partial charge in [-0.2, -0.15) is 0 Å². The first-order chi connectivity index (χ1) is 8.16. The van der Waals surface area contributed by atoms with Gasteiger partial charge >= 0.3 is 5.97 Å². The van der Waals surface area contributed by atoms with Crippen molar-refractivity contribution in [2.24, 2.45) is 11.8 Å². The Kier molecular flexibility index (Phi) is 4.06. The molecular weight excluding hydrogens is 236 g/mol. The fraction of sp³-hybridized carbons (Fsp3) is 0.500. The van der Waals surface area contributed by atoms with E-state index >= 15 is 0 Å². The third kappa shape index (κ3) is 3.22. The molecule has 0 aromatic heterocycles. The molecule has 0 radical (unpaired) electrons. The number of hydrogen-bond acceptors (Lipinski definition) is 1. The quantitative estimate of drug-likeness (QED) is 0.889. The molecule has 92 valence electrons. The van der Waals surface area contributed by atoms with Crippen LogP contribution in [0, 0.1) is 11.8 Å². The highest BCUT2D eigenvalue weighted by atomic mass is 35.5. The van der Waals surface area contributed by atoms with E-state index in [2.05, 4.69) is 0 Å². The van der Waals surface area contributed by atoms with Crippen LogP contribution >= 0.6 is 11.6 Å². The van der Waals surface area contributed by atoms with Crippen LogP contribution < -0.4 is 0 Å². The summed E-state index contributed by atoms with van der Waals surface area (Å²) in [7, 11) is 0. The average molecular weight is 253 g/mol. The van der Waals surface area contributed by atoms with Crippen LogP contribution in [0.25, 0.3) is 0 Å². The maximum atomic E-state index is 11.2. The number of carboxylic acids is 1. The van der Waals surface area contributed by atoms with Crippen LogP contribution in [0.5, 0.6) is 0 Å². The summed E-state index contributed by atoms with van der Waals surface area (Å²) < 4.78 is 0. The van der Waals surface area contributed by atoms with Crippen LogP contribution in [0.3, 0.4) is 0 Å². The van der Waals surface area contributed by atoms with E-state index in [1.807, 2.05) is 24.3 Å². The lowest BCUT2D eigenvalue weighted by molar-refractivity contribution is -0.144. The normalized spacial score (nSPS) is 24.5. The first-order valence-electron chi connectivity index (χ1n) is 6.14. The molecule has 1 aromatic rings. The van der Waals surface area contributed by atoms with E-state index in [0.717, 1.165) is 42.7 Å². The van der Waals surface area contributed by atoms with Gasteiger partial charge in [0.2, 0.25) is 0 Å². The third-order valence-electron chi connectivity index (χ3n) is 3.61. The van der Waals surface area contributed by atoms with E-state index in [1.165, 1.54) is 0 Å². The van der Waals surface area contributed by atoms with Crippen molar-refractivity contribution < 1.29 is 9.90 Å². The van der Waals surface area contributed by atoms with Crippen LogP contribution in [0.1, 0.15) is 31.2 Å². The molecule has 17 heavy (non-hydrogen) atoms. The van der Waals surface area contributed by atoms with Crippen molar-refractivity contribution in [1.82, 2.24) is 0 Å². The molecule has 1 saturated carbocycles. The lowest BCUT2D eigenvalue weighted by Crippen LogP contribution is -2.28. The van der Waals surface area contributed by atoms with Crippen molar-refractivity contribution in [2.75, 3.05) is 0 Å². The van der Waals surface area contributed by atoms with Gasteiger partial charge < -0.3 is 5.11 Å². The van der Waals surface area contributed by atoms with Crippen molar-refractivity contribution >= 4 is 17.6 Å². The standard InChI is InChI=1S/C14H17ClO2/c15-12-6-3-4-10(9-12)8-11-5-1-2-7-13(11)14(16)17/h3-4,6,9,11,13H,1-2,5,7-8H2,(H,16,17). The number of carboxylic acid groups (broad SMARTS) is 1. The lowest BCUT2D eigenvalue weighted by atomic mass is 9.76. The van der Waals surface area contributed by atoms with Gasteiger partial charge in [-0.3, -0.25) is 4.79 Å². The van der Waals surface area contributed by atoms with Gasteiger partial charge in [0.05, 0.1) is 5.92 Å². The number of benzene rings is 1. The fourth-order valence-corrected chi connectivity index (χ4v) is 2.96. The molecule has 1 aromatic carbocycles. The minimum absolute atomic E-state index is 0.178. The van der Waals surface area contributed by atoms with Gasteiger partial charge in [0, 0.05) is 5.02 Å². The Labute approximate surface area is 107 Å². The summed E-state index contributed by atoms with van der Waals surface area (Å²) in [5.74, 6) is -0.556. The van der Waals surface area contributed by atoms with E-state index in [0.29, 0.717) is 0 Å². The summed E-state index contributed by atoms with van der Waals surface area (Å²) >= 11 is 5.95. The highest BCUT2D eigenvalue weighted by molar-refractivity contribution is 6.30. The van der Waals surface area contributed by atoms with E-state index in [1.54, 1.807) is 0 Å². The van der Waals surface area contributed by atoms with Crippen LogP contribution in [0.2, 0.25) is 5.02 Å². The lowest BCUT2D eigenvalue weighted by Gasteiger charge is -2.28. The Morgan fingerprint density at radius 3 is 2.82 bits per heavy atom. The zero-order chi connectivity index (χ0) is 12.3. The molecule has 3 heteroatoms. The molecule has 0 aliphatic heterocycles. The second kappa shape index (κ2) is 5.54. The monoisotopic (exact) mass is 252 g/mol. The van der Waals surface area contributed by atoms with Crippen molar-refractivity contribution in [3.63, 3.8) is 0 Å². The molecule has 0 heterocycles. The van der Waals surface area contributed by atoms with Crippen molar-refractivity contribution in [3.8, 4) is 0 Å². The maximum Gasteiger partial charge on any atom is 0.306 e. The predicted molar refractivity (Wildman–Crippen MR) is 68.2 cm³/mol. The Morgan fingerprint density at radius 1 is 1.35 bits per heavy atom. The molecular formula is C14H17ClO2. The number of halogens is 1. The van der Waals surface area contributed by atoms with Crippen LogP contribution in [-0.4, -0.2) is 11.1 Å². The summed E-state index contributed by atoms with van der Waals surface area (Å²) in [6.07, 6.45) is 4.86.